The Balaban J connectivity index is 1.10. The fourth-order valence-electron chi connectivity index (χ4n) is 5.24. The zero-order chi connectivity index (χ0) is 21.8. The molecule has 1 aromatic heterocycles. The molecule has 0 saturated carbocycles. The van der Waals surface area contributed by atoms with Gasteiger partial charge in [-0.1, -0.05) is 61.0 Å². The smallest absolute Gasteiger partial charge is 0.190 e. The minimum atomic E-state index is 0.193. The quantitative estimate of drug-likeness (QED) is 0.340. The van der Waals surface area contributed by atoms with Gasteiger partial charge in [0.1, 0.15) is 0 Å². The third-order valence-electron chi connectivity index (χ3n) is 7.13. The molecule has 1 fully saturated rings. The van der Waals surface area contributed by atoms with Crippen molar-refractivity contribution < 1.29 is 4.79 Å². The molecule has 2 aliphatic rings. The Morgan fingerprint density at radius 1 is 0.969 bits per heavy atom. The standard InChI is InChI=1S/C29H32N2O/c32-29-24(14-15-28-26(29)20-25-12-6-7-13-27(25)30-28)11-5-4-8-22-16-18-31(19-17-22)21-23-9-2-1-3-10-23/h1-3,6-7,9-13,20,22H,4-5,8,14-19,21H2. The van der Waals surface area contributed by atoms with Gasteiger partial charge < -0.3 is 0 Å². The molecule has 0 radical (unpaired) electrons. The average molecular weight is 425 g/mol. The third kappa shape index (κ3) is 4.83. The number of piperidine rings is 1. The highest BCUT2D eigenvalue weighted by Gasteiger charge is 2.23. The summed E-state index contributed by atoms with van der Waals surface area (Å²) in [5.41, 5.74) is 5.17. The number of aromatic nitrogens is 1. The second-order valence-corrected chi connectivity index (χ2v) is 9.37. The number of rotatable bonds is 6. The lowest BCUT2D eigenvalue weighted by Gasteiger charge is -2.32. The predicted molar refractivity (Wildman–Crippen MR) is 131 cm³/mol. The Hall–Kier alpha value is -2.78. The van der Waals surface area contributed by atoms with E-state index in [1.165, 1.54) is 44.3 Å². The summed E-state index contributed by atoms with van der Waals surface area (Å²) in [6.45, 7) is 3.49. The van der Waals surface area contributed by atoms with Crippen molar-refractivity contribution in [1.82, 2.24) is 9.88 Å². The van der Waals surface area contributed by atoms with Crippen LogP contribution in [0.4, 0.5) is 0 Å². The van der Waals surface area contributed by atoms with Gasteiger partial charge in [0.15, 0.2) is 5.78 Å². The van der Waals surface area contributed by atoms with Crippen LogP contribution in [0.3, 0.4) is 0 Å². The molecular weight excluding hydrogens is 392 g/mol. The van der Waals surface area contributed by atoms with Crippen LogP contribution >= 0.6 is 0 Å². The molecule has 3 aromatic rings. The van der Waals surface area contributed by atoms with Gasteiger partial charge in [0.05, 0.1) is 11.2 Å². The zero-order valence-corrected chi connectivity index (χ0v) is 18.8. The van der Waals surface area contributed by atoms with Crippen LogP contribution < -0.4 is 0 Å². The summed E-state index contributed by atoms with van der Waals surface area (Å²) in [7, 11) is 0. The van der Waals surface area contributed by atoms with Crippen LogP contribution in [0.15, 0.2) is 72.3 Å². The Morgan fingerprint density at radius 3 is 2.59 bits per heavy atom. The van der Waals surface area contributed by atoms with E-state index in [-0.39, 0.29) is 5.78 Å². The summed E-state index contributed by atoms with van der Waals surface area (Å²) in [5.74, 6) is 1.03. The number of Topliss-reactive ketones (excluding diaryl/α,β-unsaturated/α-hetero) is 1. The molecule has 0 spiro atoms. The Bertz CT molecular complexity index is 1110. The van der Waals surface area contributed by atoms with Crippen molar-refractivity contribution in [2.24, 2.45) is 5.92 Å². The molecule has 2 heterocycles. The summed E-state index contributed by atoms with van der Waals surface area (Å²) >= 11 is 0. The number of pyridine rings is 1. The molecule has 0 atom stereocenters. The molecule has 2 aromatic carbocycles. The number of ketones is 1. The summed E-state index contributed by atoms with van der Waals surface area (Å²) in [4.78, 5) is 20.4. The van der Waals surface area contributed by atoms with E-state index in [9.17, 15) is 4.79 Å². The van der Waals surface area contributed by atoms with E-state index in [2.05, 4.69) is 41.3 Å². The predicted octanol–water partition coefficient (Wildman–Crippen LogP) is 6.37. The summed E-state index contributed by atoms with van der Waals surface area (Å²) in [5, 5.41) is 1.06. The number of hydrogen-bond acceptors (Lipinski definition) is 3. The van der Waals surface area contributed by atoms with E-state index in [0.29, 0.717) is 0 Å². The van der Waals surface area contributed by atoms with E-state index in [4.69, 9.17) is 4.98 Å². The SMILES string of the molecule is O=C1C(=CCCCC2CCN(Cc3ccccc3)CC2)CCc2nc3ccccc3cc21. The van der Waals surface area contributed by atoms with Crippen LogP contribution in [0.2, 0.25) is 0 Å². The Kier molecular flexibility index (Phi) is 6.45. The first-order chi connectivity index (χ1) is 15.8. The van der Waals surface area contributed by atoms with Crippen LogP contribution in [0.25, 0.3) is 10.9 Å². The number of aryl methyl sites for hydroxylation is 1. The molecular formula is C29H32N2O. The summed E-state index contributed by atoms with van der Waals surface area (Å²) in [6.07, 6.45) is 9.99. The van der Waals surface area contributed by atoms with Crippen LogP contribution in [0, 0.1) is 5.92 Å². The Labute approximate surface area is 191 Å². The molecule has 3 heteroatoms. The van der Waals surface area contributed by atoms with Crippen LogP contribution in [0.5, 0.6) is 0 Å². The number of allylic oxidation sites excluding steroid dienone is 2. The third-order valence-corrected chi connectivity index (χ3v) is 7.13. The molecule has 5 rings (SSSR count). The first kappa shape index (κ1) is 21.1. The van der Waals surface area contributed by atoms with Crippen LogP contribution in [-0.4, -0.2) is 28.8 Å². The van der Waals surface area contributed by atoms with E-state index >= 15 is 0 Å². The second kappa shape index (κ2) is 9.79. The van der Waals surface area contributed by atoms with Crippen molar-refractivity contribution in [2.45, 2.75) is 51.5 Å². The number of carbonyl (C=O) groups excluding carboxylic acids is 1. The summed E-state index contributed by atoms with van der Waals surface area (Å²) in [6, 6.07) is 20.9. The monoisotopic (exact) mass is 424 g/mol. The highest BCUT2D eigenvalue weighted by Crippen LogP contribution is 2.28. The van der Waals surface area contributed by atoms with Crippen LogP contribution in [-0.2, 0) is 13.0 Å². The van der Waals surface area contributed by atoms with Crippen molar-refractivity contribution in [3.63, 3.8) is 0 Å². The molecule has 0 unspecified atom stereocenters. The van der Waals surface area contributed by atoms with Crippen molar-refractivity contribution >= 4 is 16.7 Å². The molecule has 0 bridgehead atoms. The number of para-hydroxylation sites is 1. The number of carbonyl (C=O) groups is 1. The molecule has 1 aliphatic heterocycles. The maximum atomic E-state index is 13.0. The topological polar surface area (TPSA) is 33.2 Å². The van der Waals surface area contributed by atoms with Gasteiger partial charge in [0, 0.05) is 17.5 Å². The molecule has 1 aliphatic carbocycles. The normalized spacial score (nSPS) is 18.9. The lowest BCUT2D eigenvalue weighted by molar-refractivity contribution is 0.102. The fourth-order valence-corrected chi connectivity index (χ4v) is 5.24. The van der Waals surface area contributed by atoms with Crippen molar-refractivity contribution in [3.05, 3.63) is 89.1 Å². The zero-order valence-electron chi connectivity index (χ0n) is 18.8. The Morgan fingerprint density at radius 2 is 1.75 bits per heavy atom. The lowest BCUT2D eigenvalue weighted by Crippen LogP contribution is -2.33. The van der Waals surface area contributed by atoms with Gasteiger partial charge in [0.25, 0.3) is 0 Å². The number of benzene rings is 2. The van der Waals surface area contributed by atoms with Crippen molar-refractivity contribution in [2.75, 3.05) is 13.1 Å². The number of hydrogen-bond donors (Lipinski definition) is 0. The second-order valence-electron chi connectivity index (χ2n) is 9.37. The first-order valence-corrected chi connectivity index (χ1v) is 12.1. The minimum Gasteiger partial charge on any atom is -0.299 e. The number of nitrogens with zero attached hydrogens (tertiary/aromatic N) is 2. The lowest BCUT2D eigenvalue weighted by atomic mass is 9.87. The minimum absolute atomic E-state index is 0.193. The van der Waals surface area contributed by atoms with Crippen molar-refractivity contribution in [3.8, 4) is 0 Å². The largest absolute Gasteiger partial charge is 0.299 e. The highest BCUT2D eigenvalue weighted by molar-refractivity contribution is 6.11. The molecule has 0 amide bonds. The number of fused-ring (bicyclic) bond motifs is 2. The average Bonchev–Trinajstić information content (AvgIpc) is 2.84. The number of likely N-dealkylation sites (tertiary alicyclic amines) is 1. The summed E-state index contributed by atoms with van der Waals surface area (Å²) < 4.78 is 0. The van der Waals surface area contributed by atoms with Gasteiger partial charge in [0.2, 0.25) is 0 Å². The van der Waals surface area contributed by atoms with Gasteiger partial charge >= 0.3 is 0 Å². The van der Waals surface area contributed by atoms with E-state index in [1.54, 1.807) is 0 Å². The number of unbranched alkanes of at least 4 members (excludes halogenated alkanes) is 1. The molecule has 0 N–H and O–H groups in total. The fraction of sp³-hybridized carbons (Fsp3) is 0.379. The van der Waals surface area contributed by atoms with Gasteiger partial charge in [-0.15, -0.1) is 0 Å². The molecule has 164 valence electrons. The van der Waals surface area contributed by atoms with E-state index < -0.39 is 0 Å². The first-order valence-electron chi connectivity index (χ1n) is 12.1. The van der Waals surface area contributed by atoms with Gasteiger partial charge in [-0.05, 0) is 80.8 Å². The maximum absolute atomic E-state index is 13.0. The van der Waals surface area contributed by atoms with E-state index in [0.717, 1.165) is 59.5 Å². The molecule has 3 nitrogen and oxygen atoms in total. The van der Waals surface area contributed by atoms with Gasteiger partial charge in [-0.2, -0.15) is 0 Å². The van der Waals surface area contributed by atoms with Crippen molar-refractivity contribution in [1.29, 1.82) is 0 Å². The highest BCUT2D eigenvalue weighted by atomic mass is 16.1. The van der Waals surface area contributed by atoms with E-state index in [1.807, 2.05) is 30.3 Å². The maximum Gasteiger partial charge on any atom is 0.190 e. The molecule has 1 saturated heterocycles. The molecule has 32 heavy (non-hydrogen) atoms. The van der Waals surface area contributed by atoms with Gasteiger partial charge in [-0.25, -0.2) is 0 Å². The van der Waals surface area contributed by atoms with Gasteiger partial charge in [-0.3, -0.25) is 14.7 Å². The van der Waals surface area contributed by atoms with Crippen LogP contribution in [0.1, 0.15) is 60.1 Å².